The molecule has 2 heterocycles. The van der Waals surface area contributed by atoms with Crippen LogP contribution >= 0.6 is 0 Å². The lowest BCUT2D eigenvalue weighted by molar-refractivity contribution is -0.131. The summed E-state index contributed by atoms with van der Waals surface area (Å²) in [6.45, 7) is 6.93. The fourth-order valence-corrected chi connectivity index (χ4v) is 4.82. The number of piperidine rings is 1. The molecule has 1 aliphatic carbocycles. The lowest BCUT2D eigenvalue weighted by atomic mass is 9.89. The largest absolute Gasteiger partial charge is 0.342 e. The van der Waals surface area contributed by atoms with E-state index < -0.39 is 0 Å². The van der Waals surface area contributed by atoms with Gasteiger partial charge in [0.25, 0.3) is 0 Å². The first-order valence-electron chi connectivity index (χ1n) is 9.74. The minimum absolute atomic E-state index is 0.429. The van der Waals surface area contributed by atoms with Crippen LogP contribution in [0.2, 0.25) is 0 Å². The highest BCUT2D eigenvalue weighted by Crippen LogP contribution is 2.27. The van der Waals surface area contributed by atoms with Crippen molar-refractivity contribution in [1.82, 2.24) is 9.80 Å². The average molecular weight is 306 g/mol. The Hall–Kier alpha value is -0.570. The van der Waals surface area contributed by atoms with Gasteiger partial charge in [-0.25, -0.2) is 0 Å². The van der Waals surface area contributed by atoms with Crippen LogP contribution in [0.15, 0.2) is 0 Å². The van der Waals surface area contributed by atoms with E-state index in [0.29, 0.717) is 11.9 Å². The highest BCUT2D eigenvalue weighted by Gasteiger charge is 2.29. The van der Waals surface area contributed by atoms with Crippen LogP contribution in [0.1, 0.15) is 71.1 Å². The number of hydrogen-bond acceptors (Lipinski definition) is 2. The molecule has 0 spiro atoms. The standard InChI is InChI=1S/C19H34N2O/c1-16-6-5-12-20(14-16)18-9-10-19(22)21(13-11-18)15-17-7-3-2-4-8-17/h16-18H,2-15H2,1H3/t16-,18-/m0/s1. The second kappa shape index (κ2) is 7.81. The first-order valence-corrected chi connectivity index (χ1v) is 9.74. The third kappa shape index (κ3) is 4.24. The quantitative estimate of drug-likeness (QED) is 0.794. The molecule has 0 radical (unpaired) electrons. The molecule has 3 nitrogen and oxygen atoms in total. The predicted octanol–water partition coefficient (Wildman–Crippen LogP) is 3.68. The normalized spacial score (nSPS) is 33.0. The van der Waals surface area contributed by atoms with E-state index in [2.05, 4.69) is 16.7 Å². The van der Waals surface area contributed by atoms with Crippen LogP contribution in [0.3, 0.4) is 0 Å². The van der Waals surface area contributed by atoms with E-state index in [1.165, 1.54) is 64.5 Å². The van der Waals surface area contributed by atoms with E-state index in [1.807, 2.05) is 0 Å². The van der Waals surface area contributed by atoms with Gasteiger partial charge in [-0.3, -0.25) is 4.79 Å². The van der Waals surface area contributed by atoms with Crippen molar-refractivity contribution in [2.45, 2.75) is 77.2 Å². The Morgan fingerprint density at radius 1 is 0.955 bits per heavy atom. The summed E-state index contributed by atoms with van der Waals surface area (Å²) in [6, 6.07) is 0.656. The SMILES string of the molecule is C[C@H]1CCCN([C@H]2CCC(=O)N(CC3CCCCC3)CC2)C1. The maximum Gasteiger partial charge on any atom is 0.222 e. The van der Waals surface area contributed by atoms with Crippen LogP contribution in [0.4, 0.5) is 0 Å². The van der Waals surface area contributed by atoms with Gasteiger partial charge in [-0.05, 0) is 56.9 Å². The Balaban J connectivity index is 1.52. The fraction of sp³-hybridized carbons (Fsp3) is 0.947. The topological polar surface area (TPSA) is 23.6 Å². The predicted molar refractivity (Wildman–Crippen MR) is 90.8 cm³/mol. The van der Waals surface area contributed by atoms with E-state index in [4.69, 9.17) is 0 Å². The summed E-state index contributed by atoms with van der Waals surface area (Å²) in [7, 11) is 0. The number of nitrogens with zero attached hydrogens (tertiary/aromatic N) is 2. The molecule has 3 heteroatoms. The minimum atomic E-state index is 0.429. The Labute approximate surface area is 136 Å². The molecule has 0 unspecified atom stereocenters. The average Bonchev–Trinajstić information content (AvgIpc) is 2.71. The van der Waals surface area contributed by atoms with E-state index in [1.54, 1.807) is 0 Å². The van der Waals surface area contributed by atoms with Crippen molar-refractivity contribution in [3.8, 4) is 0 Å². The van der Waals surface area contributed by atoms with Crippen molar-refractivity contribution in [2.24, 2.45) is 11.8 Å². The Bertz CT molecular complexity index is 364. The van der Waals surface area contributed by atoms with Gasteiger partial charge >= 0.3 is 0 Å². The fourth-order valence-electron chi connectivity index (χ4n) is 4.82. The third-order valence-corrected chi connectivity index (χ3v) is 6.18. The second-order valence-corrected chi connectivity index (χ2v) is 8.07. The number of hydrogen-bond donors (Lipinski definition) is 0. The number of carbonyl (C=O) groups is 1. The molecule has 2 atom stereocenters. The van der Waals surface area contributed by atoms with Gasteiger partial charge in [-0.15, -0.1) is 0 Å². The zero-order valence-corrected chi connectivity index (χ0v) is 14.4. The van der Waals surface area contributed by atoms with Gasteiger partial charge in [0.1, 0.15) is 0 Å². The molecular weight excluding hydrogens is 272 g/mol. The number of rotatable bonds is 3. The van der Waals surface area contributed by atoms with Crippen LogP contribution in [-0.4, -0.2) is 47.9 Å². The molecule has 126 valence electrons. The Kier molecular flexibility index (Phi) is 5.78. The highest BCUT2D eigenvalue weighted by molar-refractivity contribution is 5.76. The van der Waals surface area contributed by atoms with Crippen molar-refractivity contribution in [3.63, 3.8) is 0 Å². The third-order valence-electron chi connectivity index (χ3n) is 6.18. The molecule has 0 bridgehead atoms. The first-order chi connectivity index (χ1) is 10.7. The molecule has 0 N–H and O–H groups in total. The molecule has 0 aromatic carbocycles. The van der Waals surface area contributed by atoms with Gasteiger partial charge in [-0.2, -0.15) is 0 Å². The van der Waals surface area contributed by atoms with Gasteiger partial charge in [0.15, 0.2) is 0 Å². The van der Waals surface area contributed by atoms with Crippen molar-refractivity contribution in [3.05, 3.63) is 0 Å². The molecule has 3 aliphatic rings. The molecule has 1 saturated carbocycles. The van der Waals surface area contributed by atoms with E-state index in [9.17, 15) is 4.79 Å². The van der Waals surface area contributed by atoms with Crippen LogP contribution in [-0.2, 0) is 4.79 Å². The molecule has 22 heavy (non-hydrogen) atoms. The summed E-state index contributed by atoms with van der Waals surface area (Å²) in [6.07, 6.45) is 12.6. The zero-order valence-electron chi connectivity index (χ0n) is 14.4. The van der Waals surface area contributed by atoms with Crippen LogP contribution in [0, 0.1) is 11.8 Å². The smallest absolute Gasteiger partial charge is 0.222 e. The van der Waals surface area contributed by atoms with Gasteiger partial charge in [-0.1, -0.05) is 26.2 Å². The summed E-state index contributed by atoms with van der Waals surface area (Å²) in [4.78, 5) is 17.4. The summed E-state index contributed by atoms with van der Waals surface area (Å²) < 4.78 is 0. The molecule has 2 saturated heterocycles. The van der Waals surface area contributed by atoms with Crippen molar-refractivity contribution < 1.29 is 4.79 Å². The van der Waals surface area contributed by atoms with Gasteiger partial charge in [0.05, 0.1) is 0 Å². The van der Waals surface area contributed by atoms with E-state index in [0.717, 1.165) is 37.8 Å². The van der Waals surface area contributed by atoms with E-state index in [-0.39, 0.29) is 0 Å². The molecule has 3 fully saturated rings. The van der Waals surface area contributed by atoms with Crippen LogP contribution < -0.4 is 0 Å². The summed E-state index contributed by atoms with van der Waals surface area (Å²) >= 11 is 0. The first kappa shape index (κ1) is 16.3. The maximum atomic E-state index is 12.5. The minimum Gasteiger partial charge on any atom is -0.342 e. The summed E-state index contributed by atoms with van der Waals surface area (Å²) in [5.41, 5.74) is 0. The van der Waals surface area contributed by atoms with Gasteiger partial charge in [0.2, 0.25) is 5.91 Å². The van der Waals surface area contributed by atoms with Crippen LogP contribution in [0.25, 0.3) is 0 Å². The van der Waals surface area contributed by atoms with Crippen molar-refractivity contribution in [2.75, 3.05) is 26.2 Å². The number of amides is 1. The van der Waals surface area contributed by atoms with Gasteiger partial charge in [0, 0.05) is 32.1 Å². The lowest BCUT2D eigenvalue weighted by Gasteiger charge is -2.37. The molecule has 0 aromatic rings. The summed E-state index contributed by atoms with van der Waals surface area (Å²) in [5.74, 6) is 2.05. The Morgan fingerprint density at radius 3 is 2.55 bits per heavy atom. The lowest BCUT2D eigenvalue weighted by Crippen LogP contribution is -2.42. The highest BCUT2D eigenvalue weighted by atomic mass is 16.2. The molecule has 2 aliphatic heterocycles. The summed E-state index contributed by atoms with van der Waals surface area (Å²) in [5, 5.41) is 0. The van der Waals surface area contributed by atoms with Crippen molar-refractivity contribution >= 4 is 5.91 Å². The number of carbonyl (C=O) groups excluding carboxylic acids is 1. The molecule has 0 aromatic heterocycles. The van der Waals surface area contributed by atoms with Crippen molar-refractivity contribution in [1.29, 1.82) is 0 Å². The van der Waals surface area contributed by atoms with Crippen LogP contribution in [0.5, 0.6) is 0 Å². The zero-order chi connectivity index (χ0) is 15.4. The maximum absolute atomic E-state index is 12.5. The molecule has 3 rings (SSSR count). The monoisotopic (exact) mass is 306 g/mol. The Morgan fingerprint density at radius 2 is 1.77 bits per heavy atom. The second-order valence-electron chi connectivity index (χ2n) is 8.07. The van der Waals surface area contributed by atoms with E-state index >= 15 is 0 Å². The van der Waals surface area contributed by atoms with Gasteiger partial charge < -0.3 is 9.80 Å². The number of likely N-dealkylation sites (tertiary alicyclic amines) is 2. The molecule has 1 amide bonds. The molecular formula is C19H34N2O.